The normalized spacial score (nSPS) is 14.2. The number of nitrogens with zero attached hydrogens (tertiary/aromatic N) is 2. The van der Waals surface area contributed by atoms with Crippen LogP contribution < -0.4 is 0 Å². The number of hydrogen-bond acceptors (Lipinski definition) is 8. The lowest BCUT2D eigenvalue weighted by Gasteiger charge is -2.11. The fourth-order valence-electron chi connectivity index (χ4n) is 3.88. The molecule has 6 nitrogen and oxygen atoms in total. The Morgan fingerprint density at radius 1 is 0.548 bits per heavy atom. The highest BCUT2D eigenvalue weighted by molar-refractivity contribution is 7.15. The summed E-state index contributed by atoms with van der Waals surface area (Å²) in [7, 11) is 0. The van der Waals surface area contributed by atoms with Gasteiger partial charge in [-0.2, -0.15) is 0 Å². The lowest BCUT2D eigenvalue weighted by atomic mass is 9.91. The molecule has 2 heterocycles. The van der Waals surface area contributed by atoms with Crippen molar-refractivity contribution in [1.29, 1.82) is 0 Å². The number of rotatable bonds is 2. The van der Waals surface area contributed by atoms with Crippen LogP contribution in [0, 0.1) is 0 Å². The summed E-state index contributed by atoms with van der Waals surface area (Å²) in [4.78, 5) is 60.6. The summed E-state index contributed by atoms with van der Waals surface area (Å²) in [6, 6.07) is 13.4. The number of aromatic nitrogens is 2. The lowest BCUT2D eigenvalue weighted by Crippen LogP contribution is -2.19. The second-order valence-electron chi connectivity index (χ2n) is 7.16. The van der Waals surface area contributed by atoms with Gasteiger partial charge in [0.25, 0.3) is 0 Å². The summed E-state index contributed by atoms with van der Waals surface area (Å²) in [5.41, 5.74) is 1.79. The van der Waals surface area contributed by atoms with Crippen LogP contribution in [0.25, 0.3) is 0 Å². The molecule has 31 heavy (non-hydrogen) atoms. The summed E-state index contributed by atoms with van der Waals surface area (Å²) in [5, 5.41) is 1.09. The van der Waals surface area contributed by atoms with E-state index in [1.807, 2.05) is 0 Å². The number of ketones is 4. The number of carbonyl (C=O) groups is 4. The molecule has 4 aromatic rings. The maximum Gasteiger partial charge on any atom is 0.213 e. The van der Waals surface area contributed by atoms with E-state index in [-0.39, 0.29) is 40.9 Å². The van der Waals surface area contributed by atoms with E-state index in [0.717, 1.165) is 22.7 Å². The zero-order chi connectivity index (χ0) is 21.3. The monoisotopic (exact) mass is 442 g/mol. The van der Waals surface area contributed by atoms with Gasteiger partial charge >= 0.3 is 0 Å². The minimum absolute atomic E-state index is 0.157. The third kappa shape index (κ3) is 2.55. The third-order valence-corrected chi connectivity index (χ3v) is 7.43. The number of fused-ring (bicyclic) bond motifs is 4. The molecule has 0 bridgehead atoms. The van der Waals surface area contributed by atoms with Crippen molar-refractivity contribution in [2.45, 2.75) is 6.42 Å². The van der Waals surface area contributed by atoms with Gasteiger partial charge in [-0.3, -0.25) is 19.2 Å². The number of thiazole rings is 2. The molecule has 2 aromatic heterocycles. The summed E-state index contributed by atoms with van der Waals surface area (Å²) in [6.45, 7) is 0. The van der Waals surface area contributed by atoms with E-state index in [0.29, 0.717) is 42.0 Å². The molecule has 0 radical (unpaired) electrons. The van der Waals surface area contributed by atoms with Gasteiger partial charge in [-0.1, -0.05) is 48.5 Å². The largest absolute Gasteiger partial charge is 0.288 e. The van der Waals surface area contributed by atoms with Crippen LogP contribution in [0.4, 0.5) is 0 Å². The Labute approximate surface area is 183 Å². The number of carbonyl (C=O) groups excluding carboxylic acids is 4. The Morgan fingerprint density at radius 3 is 1.29 bits per heavy atom. The van der Waals surface area contributed by atoms with Gasteiger partial charge in [0.15, 0.2) is 0 Å². The minimum Gasteiger partial charge on any atom is -0.288 e. The van der Waals surface area contributed by atoms with Crippen LogP contribution in [0.1, 0.15) is 72.6 Å². The maximum atomic E-state index is 12.8. The molecule has 0 unspecified atom stereocenters. The van der Waals surface area contributed by atoms with Crippen LogP contribution in [0.2, 0.25) is 0 Å². The van der Waals surface area contributed by atoms with Gasteiger partial charge in [0.05, 0.1) is 6.42 Å². The molecule has 0 N–H and O–H groups in total. The zero-order valence-electron chi connectivity index (χ0n) is 15.7. The first kappa shape index (κ1) is 18.2. The average Bonchev–Trinajstić information content (AvgIpc) is 3.41. The smallest absolute Gasteiger partial charge is 0.213 e. The molecule has 2 aliphatic carbocycles. The fourth-order valence-corrected chi connectivity index (χ4v) is 6.01. The quantitative estimate of drug-likeness (QED) is 0.406. The van der Waals surface area contributed by atoms with Gasteiger partial charge in [-0.25, -0.2) is 9.97 Å². The first-order valence-corrected chi connectivity index (χ1v) is 11.0. The predicted octanol–water partition coefficient (Wildman–Crippen LogP) is 3.74. The molecule has 148 valence electrons. The molecule has 2 aromatic carbocycles. The first-order chi connectivity index (χ1) is 15.0. The highest BCUT2D eigenvalue weighted by Crippen LogP contribution is 2.34. The van der Waals surface area contributed by atoms with Crippen molar-refractivity contribution in [1.82, 2.24) is 9.97 Å². The summed E-state index contributed by atoms with van der Waals surface area (Å²) < 4.78 is 0. The van der Waals surface area contributed by atoms with E-state index in [2.05, 4.69) is 9.97 Å². The third-order valence-electron chi connectivity index (χ3n) is 5.32. The second-order valence-corrected chi connectivity index (χ2v) is 9.32. The number of benzene rings is 2. The van der Waals surface area contributed by atoms with Crippen LogP contribution in [-0.4, -0.2) is 33.1 Å². The van der Waals surface area contributed by atoms with Crippen LogP contribution >= 0.6 is 22.7 Å². The van der Waals surface area contributed by atoms with Crippen LogP contribution in [0.3, 0.4) is 0 Å². The van der Waals surface area contributed by atoms with Gasteiger partial charge in [0.1, 0.15) is 31.2 Å². The van der Waals surface area contributed by atoms with Gasteiger partial charge in [-0.15, -0.1) is 22.7 Å². The zero-order valence-corrected chi connectivity index (χ0v) is 17.3. The molecule has 0 saturated carbocycles. The Bertz CT molecular complexity index is 1280. The maximum absolute atomic E-state index is 12.8. The molecule has 2 aliphatic rings. The van der Waals surface area contributed by atoms with Crippen LogP contribution in [-0.2, 0) is 6.42 Å². The Balaban J connectivity index is 1.37. The van der Waals surface area contributed by atoms with Gasteiger partial charge in [-0.05, 0) is 0 Å². The standard InChI is InChI=1S/C23H10N2O4S2/c26-18-10-5-1-3-7-12(10)20(28)22-16(18)24-14(30-22)9-15-25-17-19(27)11-6-2-4-8-13(11)21(29)23(17)31-15/h1-8H,9H2. The van der Waals surface area contributed by atoms with Crippen molar-refractivity contribution in [2.75, 3.05) is 0 Å². The van der Waals surface area contributed by atoms with E-state index in [4.69, 9.17) is 0 Å². The highest BCUT2D eigenvalue weighted by atomic mass is 32.1. The van der Waals surface area contributed by atoms with Crippen molar-refractivity contribution in [3.8, 4) is 0 Å². The molecule has 0 spiro atoms. The molecule has 0 amide bonds. The van der Waals surface area contributed by atoms with E-state index in [9.17, 15) is 19.2 Å². The van der Waals surface area contributed by atoms with Crippen molar-refractivity contribution < 1.29 is 19.2 Å². The molecule has 0 atom stereocenters. The van der Waals surface area contributed by atoms with Gasteiger partial charge in [0.2, 0.25) is 23.1 Å². The topological polar surface area (TPSA) is 94.1 Å². The average molecular weight is 442 g/mol. The minimum atomic E-state index is -0.271. The SMILES string of the molecule is O=C1c2ccccc2C(=O)c2sc(Cc3nc4c(s3)C(=O)c3ccccc3C4=O)nc21. The first-order valence-electron chi connectivity index (χ1n) is 9.39. The van der Waals surface area contributed by atoms with E-state index < -0.39 is 0 Å². The molecule has 0 fully saturated rings. The second kappa shape index (κ2) is 6.44. The molecular weight excluding hydrogens is 432 g/mol. The van der Waals surface area contributed by atoms with Crippen molar-refractivity contribution in [3.05, 3.63) is 102 Å². The van der Waals surface area contributed by atoms with Gasteiger partial charge < -0.3 is 0 Å². The summed E-state index contributed by atoms with van der Waals surface area (Å²) >= 11 is 2.31. The van der Waals surface area contributed by atoms with Crippen LogP contribution in [0.5, 0.6) is 0 Å². The van der Waals surface area contributed by atoms with Crippen molar-refractivity contribution >= 4 is 45.8 Å². The Hall–Kier alpha value is -3.62. The molecular formula is C23H10N2O4S2. The van der Waals surface area contributed by atoms with E-state index in [1.54, 1.807) is 48.5 Å². The molecule has 0 aliphatic heterocycles. The highest BCUT2D eigenvalue weighted by Gasteiger charge is 2.35. The van der Waals surface area contributed by atoms with Gasteiger partial charge in [0, 0.05) is 22.3 Å². The molecule has 6 rings (SSSR count). The van der Waals surface area contributed by atoms with E-state index >= 15 is 0 Å². The number of hydrogen-bond donors (Lipinski definition) is 0. The lowest BCUT2D eigenvalue weighted by molar-refractivity contribution is 0.0979. The van der Waals surface area contributed by atoms with Crippen molar-refractivity contribution in [3.63, 3.8) is 0 Å². The summed E-state index contributed by atoms with van der Waals surface area (Å²) in [6.07, 6.45) is 0.239. The Kier molecular flexibility index (Phi) is 3.77. The van der Waals surface area contributed by atoms with Crippen molar-refractivity contribution in [2.24, 2.45) is 0 Å². The molecule has 8 heteroatoms. The molecule has 0 saturated heterocycles. The summed E-state index contributed by atoms with van der Waals surface area (Å²) in [5.74, 6) is -0.972. The van der Waals surface area contributed by atoms with Crippen LogP contribution in [0.15, 0.2) is 48.5 Å². The predicted molar refractivity (Wildman–Crippen MR) is 114 cm³/mol. The Morgan fingerprint density at radius 2 is 0.903 bits per heavy atom. The fraction of sp³-hybridized carbons (Fsp3) is 0.0435. The van der Waals surface area contributed by atoms with E-state index in [1.165, 1.54) is 0 Å².